The van der Waals surface area contributed by atoms with Crippen LogP contribution in [0.3, 0.4) is 0 Å². The molecule has 0 spiro atoms. The zero-order valence-corrected chi connectivity index (χ0v) is 11.7. The van der Waals surface area contributed by atoms with Crippen LogP contribution in [0.1, 0.15) is 16.4 Å². The molecule has 2 aromatic rings. The number of rotatable bonds is 3. The molecule has 1 atom stereocenters. The van der Waals surface area contributed by atoms with Gasteiger partial charge in [-0.2, -0.15) is 5.26 Å². The van der Waals surface area contributed by atoms with Crippen LogP contribution < -0.4 is 0 Å². The van der Waals surface area contributed by atoms with Gasteiger partial charge in [0.1, 0.15) is 5.92 Å². The molecular weight excluding hydrogens is 307 g/mol. The quantitative estimate of drug-likeness (QED) is 0.613. The van der Waals surface area contributed by atoms with E-state index in [1.165, 1.54) is 29.5 Å². The number of benzene rings is 1. The van der Waals surface area contributed by atoms with Crippen molar-refractivity contribution >= 4 is 40.2 Å². The molecule has 0 N–H and O–H groups in total. The molecule has 0 saturated carbocycles. The maximum Gasteiger partial charge on any atom is 0.270 e. The van der Waals surface area contributed by atoms with E-state index in [0.29, 0.717) is 9.90 Å². The molecule has 0 saturated heterocycles. The SMILES string of the molecule is N#CC(c1ccc(Cl)s1)c1ccc([N+](=O)[O-])cc1Cl. The lowest BCUT2D eigenvalue weighted by Crippen LogP contribution is -1.98. The Morgan fingerprint density at radius 1 is 1.32 bits per heavy atom. The van der Waals surface area contributed by atoms with E-state index < -0.39 is 10.8 Å². The van der Waals surface area contributed by atoms with Gasteiger partial charge in [-0.3, -0.25) is 10.1 Å². The van der Waals surface area contributed by atoms with Crippen LogP contribution in [0.2, 0.25) is 9.36 Å². The molecule has 1 heterocycles. The van der Waals surface area contributed by atoms with Gasteiger partial charge in [-0.1, -0.05) is 23.2 Å². The van der Waals surface area contributed by atoms with E-state index in [2.05, 4.69) is 6.07 Å². The van der Waals surface area contributed by atoms with Crippen molar-refractivity contribution in [2.45, 2.75) is 5.92 Å². The topological polar surface area (TPSA) is 66.9 Å². The first-order valence-electron chi connectivity index (χ1n) is 5.11. The molecule has 4 nitrogen and oxygen atoms in total. The molecule has 0 fully saturated rings. The summed E-state index contributed by atoms with van der Waals surface area (Å²) in [7, 11) is 0. The Morgan fingerprint density at radius 2 is 2.05 bits per heavy atom. The minimum atomic E-state index is -0.578. The molecule has 0 amide bonds. The van der Waals surface area contributed by atoms with Crippen LogP contribution in [0.5, 0.6) is 0 Å². The van der Waals surface area contributed by atoms with E-state index in [4.69, 9.17) is 23.2 Å². The lowest BCUT2D eigenvalue weighted by molar-refractivity contribution is -0.384. The lowest BCUT2D eigenvalue weighted by Gasteiger charge is -2.09. The summed E-state index contributed by atoms with van der Waals surface area (Å²) in [6, 6.07) is 9.67. The average Bonchev–Trinajstić information content (AvgIpc) is 2.78. The van der Waals surface area contributed by atoms with Gasteiger partial charge in [0.25, 0.3) is 5.69 Å². The highest BCUT2D eigenvalue weighted by atomic mass is 35.5. The summed E-state index contributed by atoms with van der Waals surface area (Å²) in [6.45, 7) is 0. The first kappa shape index (κ1) is 13.8. The minimum absolute atomic E-state index is 0.102. The molecule has 0 bridgehead atoms. The van der Waals surface area contributed by atoms with E-state index in [1.807, 2.05) is 0 Å². The van der Waals surface area contributed by atoms with E-state index in [1.54, 1.807) is 12.1 Å². The van der Waals surface area contributed by atoms with Crippen molar-refractivity contribution in [2.75, 3.05) is 0 Å². The van der Waals surface area contributed by atoms with Gasteiger partial charge in [0, 0.05) is 17.0 Å². The fourth-order valence-corrected chi connectivity index (χ4v) is 3.04. The Balaban J connectivity index is 2.45. The summed E-state index contributed by atoms with van der Waals surface area (Å²) in [5.74, 6) is -0.578. The van der Waals surface area contributed by atoms with Crippen LogP contribution in [-0.4, -0.2) is 4.92 Å². The first-order valence-corrected chi connectivity index (χ1v) is 6.69. The standard InChI is InChI=1S/C12H6Cl2N2O2S/c13-10-5-7(16(17)18)1-2-8(10)9(6-15)11-3-4-12(14)19-11/h1-5,9H. The lowest BCUT2D eigenvalue weighted by atomic mass is 9.98. The Morgan fingerprint density at radius 3 is 2.53 bits per heavy atom. The van der Waals surface area contributed by atoms with Crippen molar-refractivity contribution in [3.8, 4) is 6.07 Å². The predicted octanol–water partition coefficient (Wildman–Crippen LogP) is 4.62. The highest BCUT2D eigenvalue weighted by Gasteiger charge is 2.20. The largest absolute Gasteiger partial charge is 0.270 e. The molecule has 0 aliphatic rings. The summed E-state index contributed by atoms with van der Waals surface area (Å²) in [5, 5.41) is 20.1. The number of thiophene rings is 1. The van der Waals surface area contributed by atoms with Crippen molar-refractivity contribution in [1.29, 1.82) is 5.26 Å². The third-order valence-electron chi connectivity index (χ3n) is 2.51. The molecule has 1 aromatic heterocycles. The number of hydrogen-bond acceptors (Lipinski definition) is 4. The fraction of sp³-hybridized carbons (Fsp3) is 0.0833. The van der Waals surface area contributed by atoms with E-state index >= 15 is 0 Å². The van der Waals surface area contributed by atoms with Gasteiger partial charge in [-0.15, -0.1) is 11.3 Å². The number of nitro groups is 1. The number of halogens is 2. The molecule has 96 valence electrons. The summed E-state index contributed by atoms with van der Waals surface area (Å²) in [6.07, 6.45) is 0. The second-order valence-electron chi connectivity index (χ2n) is 3.67. The van der Waals surface area contributed by atoms with Crippen LogP contribution in [0.25, 0.3) is 0 Å². The van der Waals surface area contributed by atoms with E-state index in [-0.39, 0.29) is 10.7 Å². The van der Waals surface area contributed by atoms with Crippen molar-refractivity contribution in [2.24, 2.45) is 0 Å². The number of non-ortho nitro benzene ring substituents is 1. The monoisotopic (exact) mass is 312 g/mol. The van der Waals surface area contributed by atoms with Gasteiger partial charge in [0.15, 0.2) is 0 Å². The molecule has 0 aliphatic carbocycles. The summed E-state index contributed by atoms with van der Waals surface area (Å²) >= 11 is 13.1. The van der Waals surface area contributed by atoms with Crippen molar-refractivity contribution in [3.05, 3.63) is 60.2 Å². The third kappa shape index (κ3) is 2.87. The molecule has 0 radical (unpaired) electrons. The molecular formula is C12H6Cl2N2O2S. The number of nitro benzene ring substituents is 1. The average molecular weight is 313 g/mol. The summed E-state index contributed by atoms with van der Waals surface area (Å²) in [5.41, 5.74) is 0.433. The van der Waals surface area contributed by atoms with Crippen LogP contribution >= 0.6 is 34.5 Å². The molecule has 1 unspecified atom stereocenters. The van der Waals surface area contributed by atoms with Gasteiger partial charge >= 0.3 is 0 Å². The normalized spacial score (nSPS) is 11.8. The Bertz CT molecular complexity index is 679. The molecule has 19 heavy (non-hydrogen) atoms. The smallest absolute Gasteiger partial charge is 0.258 e. The Hall–Kier alpha value is -1.61. The predicted molar refractivity (Wildman–Crippen MR) is 74.9 cm³/mol. The van der Waals surface area contributed by atoms with Crippen molar-refractivity contribution < 1.29 is 4.92 Å². The Labute approximate surface area is 123 Å². The second kappa shape index (κ2) is 5.57. The van der Waals surface area contributed by atoms with Gasteiger partial charge in [0.05, 0.1) is 20.4 Å². The van der Waals surface area contributed by atoms with Crippen LogP contribution in [-0.2, 0) is 0 Å². The summed E-state index contributed by atoms with van der Waals surface area (Å²) < 4.78 is 0.577. The van der Waals surface area contributed by atoms with Crippen LogP contribution in [0.4, 0.5) is 5.69 Å². The molecule has 7 heteroatoms. The molecule has 1 aromatic carbocycles. The maximum absolute atomic E-state index is 10.6. The van der Waals surface area contributed by atoms with Gasteiger partial charge in [-0.05, 0) is 23.8 Å². The highest BCUT2D eigenvalue weighted by molar-refractivity contribution is 7.16. The minimum Gasteiger partial charge on any atom is -0.258 e. The zero-order valence-electron chi connectivity index (χ0n) is 9.34. The van der Waals surface area contributed by atoms with E-state index in [9.17, 15) is 15.4 Å². The number of nitrogens with zero attached hydrogens (tertiary/aromatic N) is 2. The number of hydrogen-bond donors (Lipinski definition) is 0. The number of nitriles is 1. The highest BCUT2D eigenvalue weighted by Crippen LogP contribution is 2.36. The zero-order chi connectivity index (χ0) is 14.0. The molecule has 0 aliphatic heterocycles. The van der Waals surface area contributed by atoms with Crippen LogP contribution in [0, 0.1) is 21.4 Å². The first-order chi connectivity index (χ1) is 9.02. The van der Waals surface area contributed by atoms with Crippen molar-refractivity contribution in [3.63, 3.8) is 0 Å². The third-order valence-corrected chi connectivity index (χ3v) is 4.14. The Kier molecular flexibility index (Phi) is 4.05. The van der Waals surface area contributed by atoms with Crippen molar-refractivity contribution in [1.82, 2.24) is 0 Å². The maximum atomic E-state index is 10.6. The van der Waals surface area contributed by atoms with E-state index in [0.717, 1.165) is 4.88 Å². The fourth-order valence-electron chi connectivity index (χ4n) is 1.63. The van der Waals surface area contributed by atoms with Crippen LogP contribution in [0.15, 0.2) is 30.3 Å². The van der Waals surface area contributed by atoms with Gasteiger partial charge in [0.2, 0.25) is 0 Å². The van der Waals surface area contributed by atoms with Gasteiger partial charge < -0.3 is 0 Å². The van der Waals surface area contributed by atoms with Gasteiger partial charge in [-0.25, -0.2) is 0 Å². The second-order valence-corrected chi connectivity index (χ2v) is 5.82. The summed E-state index contributed by atoms with van der Waals surface area (Å²) in [4.78, 5) is 10.9. The molecule has 2 rings (SSSR count).